The van der Waals surface area contributed by atoms with Crippen molar-refractivity contribution in [1.82, 2.24) is 0 Å². The summed E-state index contributed by atoms with van der Waals surface area (Å²) >= 11 is 9.52. The Morgan fingerprint density at radius 3 is 1.52 bits per heavy atom. The normalized spacial score (nSPS) is 17.6. The minimum atomic E-state index is -1.000. The summed E-state index contributed by atoms with van der Waals surface area (Å²) in [5.74, 6) is -1.88. The van der Waals surface area contributed by atoms with E-state index in [4.69, 9.17) is 21.8 Å². The zero-order valence-electron chi connectivity index (χ0n) is 32.3. The zero-order valence-corrected chi connectivity index (χ0v) is 34.7. The van der Waals surface area contributed by atoms with Crippen LogP contribution in [0.2, 0.25) is 5.02 Å². The largest absolute Gasteiger partial charge is 0.478 e. The molecule has 0 saturated carbocycles. The number of carbonyl (C=O) groups is 2. The predicted octanol–water partition coefficient (Wildman–Crippen LogP) is 13.3. The number of fused-ring (bicyclic) bond motifs is 2. The molecule has 0 heterocycles. The molecule has 0 spiro atoms. The highest BCUT2D eigenvalue weighted by Crippen LogP contribution is 2.50. The van der Waals surface area contributed by atoms with Gasteiger partial charge >= 0.3 is 11.9 Å². The van der Waals surface area contributed by atoms with E-state index in [9.17, 15) is 9.59 Å². The molecule has 0 saturated heterocycles. The molecule has 0 aromatic heterocycles. The molecule has 276 valence electrons. The maximum atomic E-state index is 11.1. The summed E-state index contributed by atoms with van der Waals surface area (Å²) in [6, 6.07) is 21.8. The third-order valence-corrected chi connectivity index (χ3v) is 13.9. The monoisotopic (exact) mass is 756 g/mol. The lowest BCUT2D eigenvalue weighted by molar-refractivity contribution is 0.0686. The van der Waals surface area contributed by atoms with Gasteiger partial charge in [0.15, 0.2) is 0 Å². The average Bonchev–Trinajstić information content (AvgIpc) is 3.06. The Kier molecular flexibility index (Phi) is 11.5. The third kappa shape index (κ3) is 8.45. The SMILES string of the molecule is CCc1cc2c(cc1Sc1ccc(C(=O)O)cc1)C(C)(C)CCC2(C)C.Cc1cc2c(cc1Sc1ccc(C(=O)O)c(Cl)c1)C(C)(C)CCC2(C)C. The van der Waals surface area contributed by atoms with E-state index < -0.39 is 11.9 Å². The molecule has 0 radical (unpaired) electrons. The number of halogens is 1. The first kappa shape index (κ1) is 40.0. The van der Waals surface area contributed by atoms with Gasteiger partial charge in [0, 0.05) is 19.6 Å². The fourth-order valence-electron chi connectivity index (χ4n) is 7.47. The molecule has 4 nitrogen and oxygen atoms in total. The smallest absolute Gasteiger partial charge is 0.337 e. The van der Waals surface area contributed by atoms with E-state index in [1.807, 2.05) is 18.2 Å². The number of rotatable bonds is 7. The molecule has 52 heavy (non-hydrogen) atoms. The lowest BCUT2D eigenvalue weighted by Gasteiger charge is -2.42. The van der Waals surface area contributed by atoms with E-state index in [2.05, 4.69) is 93.5 Å². The number of aryl methyl sites for hydroxylation is 2. The van der Waals surface area contributed by atoms with Crippen molar-refractivity contribution in [2.75, 3.05) is 0 Å². The van der Waals surface area contributed by atoms with Crippen LogP contribution in [0.1, 0.15) is 142 Å². The molecule has 2 N–H and O–H groups in total. The van der Waals surface area contributed by atoms with Crippen molar-refractivity contribution in [2.45, 2.75) is 143 Å². The van der Waals surface area contributed by atoms with E-state index in [1.165, 1.54) is 68.9 Å². The lowest BCUT2D eigenvalue weighted by atomic mass is 9.63. The number of hydrogen-bond acceptors (Lipinski definition) is 4. The number of aromatic carboxylic acids is 2. The maximum Gasteiger partial charge on any atom is 0.337 e. The molecular weight excluding hydrogens is 704 g/mol. The van der Waals surface area contributed by atoms with Crippen LogP contribution < -0.4 is 0 Å². The lowest BCUT2D eigenvalue weighted by Crippen LogP contribution is -2.34. The van der Waals surface area contributed by atoms with E-state index >= 15 is 0 Å². The molecule has 0 unspecified atom stereocenters. The van der Waals surface area contributed by atoms with Crippen LogP contribution in [0.4, 0.5) is 0 Å². The Morgan fingerprint density at radius 1 is 0.615 bits per heavy atom. The van der Waals surface area contributed by atoms with Crippen molar-refractivity contribution in [3.63, 3.8) is 0 Å². The first-order chi connectivity index (χ1) is 24.1. The molecule has 0 fully saturated rings. The standard InChI is InChI=1S/C23H28O2S.C22H25ClO2S/c1-6-15-13-18-19(23(4,5)12-11-22(18,2)3)14-20(15)26-17-9-7-16(8-10-17)21(24)25;1-13-10-16-17(22(4,5)9-8-21(16,2)3)12-19(13)26-14-6-7-15(20(24)25)18(23)11-14/h7-10,13-14H,6,11-12H2,1-5H3,(H,24,25);6-7,10-12H,8-9H2,1-5H3,(H,24,25). The van der Waals surface area contributed by atoms with Gasteiger partial charge in [-0.15, -0.1) is 0 Å². The summed E-state index contributed by atoms with van der Waals surface area (Å²) in [5.41, 5.74) is 9.72. The predicted molar refractivity (Wildman–Crippen MR) is 218 cm³/mol. The minimum Gasteiger partial charge on any atom is -0.478 e. The second-order valence-electron chi connectivity index (χ2n) is 17.0. The second-order valence-corrected chi connectivity index (χ2v) is 19.7. The topological polar surface area (TPSA) is 74.6 Å². The number of benzene rings is 4. The summed E-state index contributed by atoms with van der Waals surface area (Å²) in [5, 5.41) is 18.5. The van der Waals surface area contributed by atoms with Gasteiger partial charge in [-0.2, -0.15) is 0 Å². The number of carboxylic acids is 2. The van der Waals surface area contributed by atoms with Crippen molar-refractivity contribution in [3.05, 3.63) is 116 Å². The summed E-state index contributed by atoms with van der Waals surface area (Å²) in [4.78, 5) is 26.7. The summed E-state index contributed by atoms with van der Waals surface area (Å²) in [6.07, 6.45) is 5.80. The minimum absolute atomic E-state index is 0.140. The third-order valence-electron chi connectivity index (χ3n) is 11.3. The van der Waals surface area contributed by atoms with Crippen LogP contribution in [0.25, 0.3) is 0 Å². The first-order valence-corrected chi connectivity index (χ1v) is 20.2. The molecule has 2 aliphatic carbocycles. The van der Waals surface area contributed by atoms with Gasteiger partial charge in [-0.3, -0.25) is 0 Å². The highest BCUT2D eigenvalue weighted by Gasteiger charge is 2.39. The first-order valence-electron chi connectivity index (χ1n) is 18.2. The van der Waals surface area contributed by atoms with Crippen molar-refractivity contribution in [1.29, 1.82) is 0 Å². The fourth-order valence-corrected chi connectivity index (χ4v) is 9.80. The van der Waals surface area contributed by atoms with Crippen LogP contribution in [0, 0.1) is 6.92 Å². The van der Waals surface area contributed by atoms with Crippen molar-refractivity contribution >= 4 is 47.1 Å². The quantitative estimate of drug-likeness (QED) is 0.196. The maximum absolute atomic E-state index is 11.1. The zero-order chi connectivity index (χ0) is 38.4. The molecule has 4 aromatic carbocycles. The van der Waals surface area contributed by atoms with Crippen molar-refractivity contribution in [2.24, 2.45) is 0 Å². The Balaban J connectivity index is 0.000000201. The van der Waals surface area contributed by atoms with E-state index in [0.29, 0.717) is 5.56 Å². The Labute approximate surface area is 324 Å². The molecule has 0 bridgehead atoms. The molecule has 6 rings (SSSR count). The van der Waals surface area contributed by atoms with Crippen LogP contribution >= 0.6 is 35.1 Å². The van der Waals surface area contributed by atoms with Gasteiger partial charge in [-0.05, 0) is 149 Å². The fraction of sp³-hybridized carbons (Fsp3) is 0.422. The average molecular weight is 758 g/mol. The van der Waals surface area contributed by atoms with Crippen LogP contribution in [-0.4, -0.2) is 22.2 Å². The molecule has 2 aliphatic rings. The van der Waals surface area contributed by atoms with E-state index in [0.717, 1.165) is 16.2 Å². The summed E-state index contributed by atoms with van der Waals surface area (Å²) < 4.78 is 0. The molecule has 0 aliphatic heterocycles. The van der Waals surface area contributed by atoms with Crippen molar-refractivity contribution in [3.8, 4) is 0 Å². The van der Waals surface area contributed by atoms with Gasteiger partial charge in [0.05, 0.1) is 16.1 Å². The van der Waals surface area contributed by atoms with Gasteiger partial charge in [0.25, 0.3) is 0 Å². The van der Waals surface area contributed by atoms with E-state index in [1.54, 1.807) is 47.8 Å². The number of hydrogen-bond donors (Lipinski definition) is 2. The highest BCUT2D eigenvalue weighted by atomic mass is 35.5. The molecule has 7 heteroatoms. The highest BCUT2D eigenvalue weighted by molar-refractivity contribution is 7.99. The van der Waals surface area contributed by atoms with Crippen LogP contribution in [0.15, 0.2) is 86.3 Å². The van der Waals surface area contributed by atoms with Crippen LogP contribution in [-0.2, 0) is 28.1 Å². The van der Waals surface area contributed by atoms with E-state index in [-0.39, 0.29) is 32.2 Å². The summed E-state index contributed by atoms with van der Waals surface area (Å²) in [6.45, 7) is 23.1. The molecule has 0 amide bonds. The Hall–Kier alpha value is -3.19. The Morgan fingerprint density at radius 2 is 1.06 bits per heavy atom. The van der Waals surface area contributed by atoms with Gasteiger partial charge in [-0.25, -0.2) is 9.59 Å². The number of carboxylic acid groups (broad SMARTS) is 2. The van der Waals surface area contributed by atoms with Gasteiger partial charge in [-0.1, -0.05) is 110 Å². The molecule has 4 aromatic rings. The second kappa shape index (κ2) is 14.9. The van der Waals surface area contributed by atoms with Crippen molar-refractivity contribution < 1.29 is 19.8 Å². The Bertz CT molecular complexity index is 2010. The van der Waals surface area contributed by atoms with Crippen LogP contribution in [0.5, 0.6) is 0 Å². The van der Waals surface area contributed by atoms with Crippen LogP contribution in [0.3, 0.4) is 0 Å². The molecular formula is C45H53ClO4S2. The van der Waals surface area contributed by atoms with Gasteiger partial charge in [0.2, 0.25) is 0 Å². The summed E-state index contributed by atoms with van der Waals surface area (Å²) in [7, 11) is 0. The van der Waals surface area contributed by atoms with Gasteiger partial charge < -0.3 is 10.2 Å². The molecule has 0 atom stereocenters. The van der Waals surface area contributed by atoms with Gasteiger partial charge in [0.1, 0.15) is 0 Å².